The van der Waals surface area contributed by atoms with Gasteiger partial charge in [0.25, 0.3) is 0 Å². The Morgan fingerprint density at radius 3 is 2.64 bits per heavy atom. The van der Waals surface area contributed by atoms with Crippen molar-refractivity contribution in [1.29, 1.82) is 5.26 Å². The molecule has 0 aliphatic rings. The van der Waals surface area contributed by atoms with E-state index >= 15 is 0 Å². The van der Waals surface area contributed by atoms with E-state index in [1.807, 2.05) is 30.3 Å². The molecule has 0 radical (unpaired) electrons. The van der Waals surface area contributed by atoms with Gasteiger partial charge in [0.15, 0.2) is 0 Å². The van der Waals surface area contributed by atoms with E-state index in [9.17, 15) is 5.26 Å². The van der Waals surface area contributed by atoms with Crippen LogP contribution < -0.4 is 16.2 Å². The molecular weight excluding hydrogens is 278 g/mol. The quantitative estimate of drug-likeness (QED) is 0.877. The topological polar surface area (TPSA) is 111 Å². The van der Waals surface area contributed by atoms with Gasteiger partial charge in [-0.2, -0.15) is 10.2 Å². The lowest BCUT2D eigenvalue weighted by atomic mass is 10.1. The average molecular weight is 297 g/mol. The number of aromatic nitrogens is 2. The summed E-state index contributed by atoms with van der Waals surface area (Å²) in [5.41, 5.74) is 12.7. The van der Waals surface area contributed by atoms with Crippen LogP contribution in [0.3, 0.4) is 0 Å². The first-order valence-corrected chi connectivity index (χ1v) is 7.08. The molecule has 1 heterocycles. The van der Waals surface area contributed by atoms with Crippen LogP contribution in [0.4, 0.5) is 11.8 Å². The fourth-order valence-electron chi connectivity index (χ4n) is 1.99. The standard InChI is InChI=1S/C16H19N5O/c1-10(2)7-8-22-13-6-4-3-5-11(13)14-12(9-17)15(18)21-16(19)20-14/h3-6,10H,7-8H2,1-2H3,(H4,18,19,20,21). The zero-order valence-electron chi connectivity index (χ0n) is 12.7. The Bertz CT molecular complexity index is 706. The molecule has 2 rings (SSSR count). The van der Waals surface area contributed by atoms with Gasteiger partial charge in [-0.25, -0.2) is 4.98 Å². The van der Waals surface area contributed by atoms with Gasteiger partial charge in [-0.15, -0.1) is 0 Å². The molecule has 0 fully saturated rings. The normalized spacial score (nSPS) is 10.5. The van der Waals surface area contributed by atoms with Crippen molar-refractivity contribution in [3.8, 4) is 23.1 Å². The number of hydrogen-bond donors (Lipinski definition) is 2. The number of benzene rings is 1. The predicted molar refractivity (Wildman–Crippen MR) is 86.0 cm³/mol. The first-order chi connectivity index (χ1) is 10.5. The maximum Gasteiger partial charge on any atom is 0.222 e. The zero-order valence-corrected chi connectivity index (χ0v) is 12.7. The number of rotatable bonds is 5. The second-order valence-corrected chi connectivity index (χ2v) is 5.33. The summed E-state index contributed by atoms with van der Waals surface area (Å²) in [6.45, 7) is 4.86. The molecule has 4 N–H and O–H groups in total. The van der Waals surface area contributed by atoms with Gasteiger partial charge in [-0.1, -0.05) is 26.0 Å². The fraction of sp³-hybridized carbons (Fsp3) is 0.312. The van der Waals surface area contributed by atoms with E-state index in [1.165, 1.54) is 0 Å². The van der Waals surface area contributed by atoms with E-state index in [1.54, 1.807) is 0 Å². The fourth-order valence-corrected chi connectivity index (χ4v) is 1.99. The number of nitrogens with two attached hydrogens (primary N) is 2. The number of ether oxygens (including phenoxy) is 1. The van der Waals surface area contributed by atoms with Gasteiger partial charge in [0, 0.05) is 5.56 Å². The summed E-state index contributed by atoms with van der Waals surface area (Å²) >= 11 is 0. The summed E-state index contributed by atoms with van der Waals surface area (Å²) in [5, 5.41) is 9.30. The number of nitriles is 1. The van der Waals surface area contributed by atoms with E-state index < -0.39 is 0 Å². The van der Waals surface area contributed by atoms with Crippen LogP contribution in [0, 0.1) is 17.2 Å². The summed E-state index contributed by atoms with van der Waals surface area (Å²) in [5.74, 6) is 1.30. The maximum absolute atomic E-state index is 9.30. The van der Waals surface area contributed by atoms with Gasteiger partial charge in [-0.3, -0.25) is 0 Å². The largest absolute Gasteiger partial charge is 0.493 e. The first-order valence-electron chi connectivity index (χ1n) is 7.08. The van der Waals surface area contributed by atoms with Crippen molar-refractivity contribution in [3.05, 3.63) is 29.8 Å². The molecule has 6 heteroatoms. The van der Waals surface area contributed by atoms with Crippen LogP contribution in [0.2, 0.25) is 0 Å². The number of hydrogen-bond acceptors (Lipinski definition) is 6. The molecule has 1 aromatic carbocycles. The Kier molecular flexibility index (Phi) is 4.79. The Balaban J connectivity index is 2.43. The third-order valence-corrected chi connectivity index (χ3v) is 3.16. The molecule has 0 aliphatic carbocycles. The Labute approximate surface area is 129 Å². The highest BCUT2D eigenvalue weighted by atomic mass is 16.5. The number of anilines is 2. The van der Waals surface area contributed by atoms with E-state index in [-0.39, 0.29) is 17.3 Å². The van der Waals surface area contributed by atoms with E-state index in [2.05, 4.69) is 23.8 Å². The van der Waals surface area contributed by atoms with Crippen LogP contribution in [0.25, 0.3) is 11.3 Å². The second-order valence-electron chi connectivity index (χ2n) is 5.33. The predicted octanol–water partition coefficient (Wildman–Crippen LogP) is 2.60. The molecular formula is C16H19N5O. The number of nitrogens with zero attached hydrogens (tertiary/aromatic N) is 3. The van der Waals surface area contributed by atoms with Gasteiger partial charge in [0.2, 0.25) is 5.95 Å². The van der Waals surface area contributed by atoms with Crippen molar-refractivity contribution >= 4 is 11.8 Å². The van der Waals surface area contributed by atoms with Crippen LogP contribution in [-0.4, -0.2) is 16.6 Å². The van der Waals surface area contributed by atoms with Crippen LogP contribution >= 0.6 is 0 Å². The summed E-state index contributed by atoms with van der Waals surface area (Å²) < 4.78 is 5.83. The van der Waals surface area contributed by atoms with E-state index in [0.717, 1.165) is 6.42 Å². The second kappa shape index (κ2) is 6.76. The smallest absolute Gasteiger partial charge is 0.222 e. The van der Waals surface area contributed by atoms with Crippen LogP contribution in [0.15, 0.2) is 24.3 Å². The van der Waals surface area contributed by atoms with Gasteiger partial charge in [0.05, 0.1) is 12.3 Å². The van der Waals surface area contributed by atoms with Crippen LogP contribution in [0.5, 0.6) is 5.75 Å². The molecule has 114 valence electrons. The van der Waals surface area contributed by atoms with Crippen molar-refractivity contribution in [3.63, 3.8) is 0 Å². The minimum absolute atomic E-state index is 0.0310. The molecule has 0 unspecified atom stereocenters. The molecule has 1 aromatic heterocycles. The lowest BCUT2D eigenvalue weighted by molar-refractivity contribution is 0.290. The first kappa shape index (κ1) is 15.6. The minimum Gasteiger partial charge on any atom is -0.493 e. The number of nitrogen functional groups attached to an aromatic ring is 2. The highest BCUT2D eigenvalue weighted by molar-refractivity contribution is 5.77. The average Bonchev–Trinajstić information content (AvgIpc) is 2.46. The monoisotopic (exact) mass is 297 g/mol. The van der Waals surface area contributed by atoms with Crippen LogP contribution in [-0.2, 0) is 0 Å². The van der Waals surface area contributed by atoms with Crippen molar-refractivity contribution in [2.24, 2.45) is 5.92 Å². The van der Waals surface area contributed by atoms with Gasteiger partial charge in [0.1, 0.15) is 23.2 Å². The summed E-state index contributed by atoms with van der Waals surface area (Å²) in [4.78, 5) is 7.99. The van der Waals surface area contributed by atoms with Gasteiger partial charge in [-0.05, 0) is 24.5 Å². The van der Waals surface area contributed by atoms with E-state index in [0.29, 0.717) is 29.5 Å². The highest BCUT2D eigenvalue weighted by Gasteiger charge is 2.16. The SMILES string of the molecule is CC(C)CCOc1ccccc1-c1nc(N)nc(N)c1C#N. The van der Waals surface area contributed by atoms with Crippen molar-refractivity contribution < 1.29 is 4.74 Å². The third-order valence-electron chi connectivity index (χ3n) is 3.16. The molecule has 0 saturated heterocycles. The highest BCUT2D eigenvalue weighted by Crippen LogP contribution is 2.32. The lowest BCUT2D eigenvalue weighted by Gasteiger charge is -2.13. The third kappa shape index (κ3) is 3.44. The Hall–Kier alpha value is -2.81. The zero-order chi connectivity index (χ0) is 16.1. The lowest BCUT2D eigenvalue weighted by Crippen LogP contribution is -2.06. The molecule has 0 bridgehead atoms. The Morgan fingerprint density at radius 1 is 1.23 bits per heavy atom. The van der Waals surface area contributed by atoms with Crippen molar-refractivity contribution in [2.45, 2.75) is 20.3 Å². The minimum atomic E-state index is 0.0310. The molecule has 0 saturated carbocycles. The van der Waals surface area contributed by atoms with Gasteiger partial charge < -0.3 is 16.2 Å². The van der Waals surface area contributed by atoms with Crippen LogP contribution in [0.1, 0.15) is 25.8 Å². The summed E-state index contributed by atoms with van der Waals surface area (Å²) in [7, 11) is 0. The molecule has 0 spiro atoms. The van der Waals surface area contributed by atoms with E-state index in [4.69, 9.17) is 16.2 Å². The number of para-hydroxylation sites is 1. The van der Waals surface area contributed by atoms with Crippen molar-refractivity contribution in [2.75, 3.05) is 18.1 Å². The molecule has 0 aliphatic heterocycles. The molecule has 0 atom stereocenters. The molecule has 6 nitrogen and oxygen atoms in total. The maximum atomic E-state index is 9.30. The van der Waals surface area contributed by atoms with Crippen molar-refractivity contribution in [1.82, 2.24) is 9.97 Å². The molecule has 0 amide bonds. The molecule has 2 aromatic rings. The summed E-state index contributed by atoms with van der Waals surface area (Å²) in [6, 6.07) is 9.41. The Morgan fingerprint density at radius 2 is 1.95 bits per heavy atom. The van der Waals surface area contributed by atoms with Gasteiger partial charge >= 0.3 is 0 Å². The molecule has 22 heavy (non-hydrogen) atoms. The summed E-state index contributed by atoms with van der Waals surface area (Å²) in [6.07, 6.45) is 0.938.